The van der Waals surface area contributed by atoms with E-state index in [0.717, 1.165) is 64.6 Å². The Morgan fingerprint density at radius 2 is 1.63 bits per heavy atom. The number of rotatable bonds is 5. The van der Waals surface area contributed by atoms with Crippen LogP contribution in [0.5, 0.6) is 0 Å². The third-order valence-electron chi connectivity index (χ3n) is 4.60. The van der Waals surface area contributed by atoms with Gasteiger partial charge in [0.25, 0.3) is 0 Å². The number of carbonyl (C=O) groups excluding carboxylic acids is 2. The van der Waals surface area contributed by atoms with Crippen LogP contribution in [0.4, 0.5) is 0 Å². The van der Waals surface area contributed by atoms with E-state index in [9.17, 15) is 9.59 Å². The summed E-state index contributed by atoms with van der Waals surface area (Å²) in [6.07, 6.45) is 2.25. The first kappa shape index (κ1) is 21.5. The minimum atomic E-state index is -0.502. The van der Waals surface area contributed by atoms with Gasteiger partial charge in [0.2, 0.25) is 5.91 Å². The second kappa shape index (κ2) is 9.92. The summed E-state index contributed by atoms with van der Waals surface area (Å²) in [6.45, 7) is 13.8. The lowest BCUT2D eigenvalue weighted by atomic mass is 10.2. The molecule has 2 rings (SSSR count). The summed E-state index contributed by atoms with van der Waals surface area (Å²) in [7, 11) is 0. The number of nitrogens with zero attached hydrogens (tertiary/aromatic N) is 4. The standard InChI is InChI=1S/C19H35N5O3/c1-5-20-18(21-14-17(26)27-19(2,3)4)24-12-10-22(11-13-24)15-16(25)23-8-6-7-9-23/h5-15H2,1-4H3,(H,20,21). The number of likely N-dealkylation sites (tertiary alicyclic amines) is 1. The first-order valence-corrected chi connectivity index (χ1v) is 10.0. The highest BCUT2D eigenvalue weighted by Crippen LogP contribution is 2.10. The van der Waals surface area contributed by atoms with Crippen molar-refractivity contribution in [2.45, 2.75) is 46.1 Å². The Balaban J connectivity index is 1.82. The summed E-state index contributed by atoms with van der Waals surface area (Å²) in [6, 6.07) is 0. The summed E-state index contributed by atoms with van der Waals surface area (Å²) in [5, 5.41) is 3.25. The quantitative estimate of drug-likeness (QED) is 0.425. The Kier molecular flexibility index (Phi) is 7.89. The minimum absolute atomic E-state index is 0.00721. The summed E-state index contributed by atoms with van der Waals surface area (Å²) < 4.78 is 5.32. The molecule has 2 fully saturated rings. The van der Waals surface area contributed by atoms with E-state index in [4.69, 9.17) is 4.74 Å². The molecule has 0 unspecified atom stereocenters. The molecule has 2 aliphatic rings. The van der Waals surface area contributed by atoms with Gasteiger partial charge in [0.15, 0.2) is 5.96 Å². The molecule has 2 saturated heterocycles. The van der Waals surface area contributed by atoms with Crippen LogP contribution in [0, 0.1) is 0 Å². The van der Waals surface area contributed by atoms with Crippen LogP contribution in [0.3, 0.4) is 0 Å². The zero-order valence-corrected chi connectivity index (χ0v) is 17.3. The summed E-state index contributed by atoms with van der Waals surface area (Å²) in [4.78, 5) is 35.0. The summed E-state index contributed by atoms with van der Waals surface area (Å²) in [5.41, 5.74) is -0.502. The summed E-state index contributed by atoms with van der Waals surface area (Å²) >= 11 is 0. The Morgan fingerprint density at radius 3 is 2.19 bits per heavy atom. The Morgan fingerprint density at radius 1 is 1.00 bits per heavy atom. The Hall–Kier alpha value is -1.83. The lowest BCUT2D eigenvalue weighted by molar-refractivity contribution is -0.152. The van der Waals surface area contributed by atoms with Crippen molar-refractivity contribution in [3.05, 3.63) is 0 Å². The number of aliphatic imine (C=N–C) groups is 1. The molecule has 0 aromatic rings. The molecule has 0 spiro atoms. The topological polar surface area (TPSA) is 77.5 Å². The lowest BCUT2D eigenvalue weighted by Crippen LogP contribution is -2.54. The monoisotopic (exact) mass is 381 g/mol. The van der Waals surface area contributed by atoms with Gasteiger partial charge in [-0.2, -0.15) is 0 Å². The van der Waals surface area contributed by atoms with E-state index in [-0.39, 0.29) is 18.4 Å². The normalized spacial score (nSPS) is 19.3. The van der Waals surface area contributed by atoms with Crippen LogP contribution in [0.15, 0.2) is 4.99 Å². The Labute approximate surface area is 162 Å². The van der Waals surface area contributed by atoms with Gasteiger partial charge in [-0.05, 0) is 40.5 Å². The number of piperazine rings is 1. The zero-order chi connectivity index (χ0) is 19.9. The van der Waals surface area contributed by atoms with Crippen LogP contribution in [0.25, 0.3) is 0 Å². The van der Waals surface area contributed by atoms with Crippen LogP contribution in [-0.4, -0.2) is 97.0 Å². The second-order valence-corrected chi connectivity index (χ2v) is 8.11. The third kappa shape index (κ3) is 7.36. The molecule has 0 aromatic heterocycles. The van der Waals surface area contributed by atoms with E-state index in [1.54, 1.807) is 0 Å². The number of nitrogens with one attached hydrogen (secondary N) is 1. The van der Waals surface area contributed by atoms with E-state index in [1.165, 1.54) is 0 Å². The van der Waals surface area contributed by atoms with E-state index < -0.39 is 5.60 Å². The van der Waals surface area contributed by atoms with Gasteiger partial charge in [0.1, 0.15) is 12.1 Å². The van der Waals surface area contributed by atoms with Crippen molar-refractivity contribution in [2.24, 2.45) is 4.99 Å². The molecule has 8 nitrogen and oxygen atoms in total. The molecule has 1 amide bonds. The molecule has 2 aliphatic heterocycles. The summed E-state index contributed by atoms with van der Waals surface area (Å²) in [5.74, 6) is 0.646. The van der Waals surface area contributed by atoms with E-state index in [0.29, 0.717) is 6.54 Å². The maximum atomic E-state index is 12.3. The van der Waals surface area contributed by atoms with Gasteiger partial charge < -0.3 is 19.9 Å². The number of carbonyl (C=O) groups is 2. The first-order chi connectivity index (χ1) is 12.8. The van der Waals surface area contributed by atoms with E-state index >= 15 is 0 Å². The van der Waals surface area contributed by atoms with Gasteiger partial charge in [0, 0.05) is 45.8 Å². The third-order valence-corrected chi connectivity index (χ3v) is 4.60. The van der Waals surface area contributed by atoms with Crippen molar-refractivity contribution in [1.29, 1.82) is 0 Å². The predicted molar refractivity (Wildman–Crippen MR) is 106 cm³/mol. The van der Waals surface area contributed by atoms with Gasteiger partial charge in [-0.25, -0.2) is 4.99 Å². The van der Waals surface area contributed by atoms with Gasteiger partial charge in [-0.15, -0.1) is 0 Å². The molecule has 154 valence electrons. The molecule has 27 heavy (non-hydrogen) atoms. The van der Waals surface area contributed by atoms with Crippen molar-refractivity contribution in [1.82, 2.24) is 20.0 Å². The van der Waals surface area contributed by atoms with Crippen molar-refractivity contribution in [2.75, 3.05) is 58.9 Å². The molecule has 0 bridgehead atoms. The van der Waals surface area contributed by atoms with Crippen LogP contribution in [0.1, 0.15) is 40.5 Å². The highest BCUT2D eigenvalue weighted by molar-refractivity contribution is 5.83. The van der Waals surface area contributed by atoms with Crippen LogP contribution < -0.4 is 5.32 Å². The number of esters is 1. The molecule has 0 atom stereocenters. The smallest absolute Gasteiger partial charge is 0.328 e. The van der Waals surface area contributed by atoms with Crippen LogP contribution in [0.2, 0.25) is 0 Å². The lowest BCUT2D eigenvalue weighted by Gasteiger charge is -2.36. The fourth-order valence-electron chi connectivity index (χ4n) is 3.31. The number of amides is 1. The zero-order valence-electron chi connectivity index (χ0n) is 17.3. The molecule has 0 saturated carbocycles. The molecule has 0 aliphatic carbocycles. The molecule has 0 radical (unpaired) electrons. The van der Waals surface area contributed by atoms with Crippen molar-refractivity contribution in [3.8, 4) is 0 Å². The van der Waals surface area contributed by atoms with Crippen LogP contribution in [-0.2, 0) is 14.3 Å². The number of hydrogen-bond acceptors (Lipinski definition) is 5. The van der Waals surface area contributed by atoms with Crippen LogP contribution >= 0.6 is 0 Å². The van der Waals surface area contributed by atoms with Crippen molar-refractivity contribution in [3.63, 3.8) is 0 Å². The average molecular weight is 382 g/mol. The number of ether oxygens (including phenoxy) is 1. The van der Waals surface area contributed by atoms with Gasteiger partial charge >= 0.3 is 5.97 Å². The van der Waals surface area contributed by atoms with Gasteiger partial charge in [0.05, 0.1) is 6.54 Å². The number of hydrogen-bond donors (Lipinski definition) is 1. The molecular weight excluding hydrogens is 346 g/mol. The van der Waals surface area contributed by atoms with E-state index in [2.05, 4.69) is 20.1 Å². The fraction of sp³-hybridized carbons (Fsp3) is 0.842. The average Bonchev–Trinajstić information content (AvgIpc) is 3.12. The second-order valence-electron chi connectivity index (χ2n) is 8.11. The largest absolute Gasteiger partial charge is 0.459 e. The first-order valence-electron chi connectivity index (χ1n) is 10.0. The maximum absolute atomic E-state index is 12.3. The predicted octanol–water partition coefficient (Wildman–Crippen LogP) is 0.534. The van der Waals surface area contributed by atoms with Crippen molar-refractivity contribution >= 4 is 17.8 Å². The molecule has 8 heteroatoms. The molecular formula is C19H35N5O3. The molecule has 2 heterocycles. The maximum Gasteiger partial charge on any atom is 0.328 e. The highest BCUT2D eigenvalue weighted by atomic mass is 16.6. The SMILES string of the molecule is CCNC(=NCC(=O)OC(C)(C)C)N1CCN(CC(=O)N2CCCC2)CC1. The van der Waals surface area contributed by atoms with Gasteiger partial charge in [-0.3, -0.25) is 14.5 Å². The minimum Gasteiger partial charge on any atom is -0.459 e. The molecule has 1 N–H and O–H groups in total. The van der Waals surface area contributed by atoms with Crippen molar-refractivity contribution < 1.29 is 14.3 Å². The Bertz CT molecular complexity index is 530. The van der Waals surface area contributed by atoms with E-state index in [1.807, 2.05) is 32.6 Å². The fourth-order valence-corrected chi connectivity index (χ4v) is 3.31. The number of guanidine groups is 1. The van der Waals surface area contributed by atoms with Gasteiger partial charge in [-0.1, -0.05) is 0 Å². The highest BCUT2D eigenvalue weighted by Gasteiger charge is 2.25. The molecule has 0 aromatic carbocycles.